The normalized spacial score (nSPS) is 28.1. The molecule has 3 amide bonds. The lowest BCUT2D eigenvalue weighted by Gasteiger charge is -2.21. The second kappa shape index (κ2) is 8.10. The molecule has 1 N–H and O–H groups in total. The summed E-state index contributed by atoms with van der Waals surface area (Å²) >= 11 is 0. The van der Waals surface area contributed by atoms with E-state index in [9.17, 15) is 14.4 Å². The lowest BCUT2D eigenvalue weighted by Crippen LogP contribution is -2.41. The van der Waals surface area contributed by atoms with Crippen LogP contribution >= 0.6 is 0 Å². The highest BCUT2D eigenvalue weighted by Gasteiger charge is 2.61. The van der Waals surface area contributed by atoms with Gasteiger partial charge in [0.1, 0.15) is 5.60 Å². The third kappa shape index (κ3) is 4.01. The summed E-state index contributed by atoms with van der Waals surface area (Å²) in [4.78, 5) is 38.9. The van der Waals surface area contributed by atoms with Gasteiger partial charge in [-0.1, -0.05) is 43.6 Å². The molecule has 2 fully saturated rings. The van der Waals surface area contributed by atoms with E-state index < -0.39 is 11.7 Å². The topological polar surface area (TPSA) is 75.7 Å². The first-order valence-electron chi connectivity index (χ1n) is 10.4. The molecular formula is C22H32N2O4. The van der Waals surface area contributed by atoms with Crippen LogP contribution in [0.25, 0.3) is 0 Å². The number of hydrogen-bond donors (Lipinski definition) is 1. The van der Waals surface area contributed by atoms with Gasteiger partial charge in [-0.15, -0.1) is 0 Å². The summed E-state index contributed by atoms with van der Waals surface area (Å²) in [6, 6.07) is 0. The molecule has 6 heteroatoms. The first kappa shape index (κ1) is 20.6. The first-order valence-corrected chi connectivity index (χ1v) is 10.4. The molecule has 2 bridgehead atoms. The number of carbonyl (C=O) groups excluding carboxylic acids is 3. The second-order valence-electron chi connectivity index (χ2n) is 8.94. The van der Waals surface area contributed by atoms with Crippen molar-refractivity contribution in [3.05, 3.63) is 23.8 Å². The number of rotatable bonds is 7. The van der Waals surface area contributed by atoms with Gasteiger partial charge in [0.05, 0.1) is 11.8 Å². The van der Waals surface area contributed by atoms with Gasteiger partial charge in [-0.05, 0) is 33.6 Å². The summed E-state index contributed by atoms with van der Waals surface area (Å²) < 4.78 is 5.19. The van der Waals surface area contributed by atoms with Crippen molar-refractivity contribution in [1.82, 2.24) is 10.2 Å². The lowest BCUT2D eigenvalue weighted by molar-refractivity contribution is -0.140. The summed E-state index contributed by atoms with van der Waals surface area (Å²) in [7, 11) is 0. The van der Waals surface area contributed by atoms with E-state index in [0.717, 1.165) is 12.8 Å². The number of hydrogen-bond acceptors (Lipinski definition) is 4. The van der Waals surface area contributed by atoms with E-state index >= 15 is 0 Å². The van der Waals surface area contributed by atoms with E-state index in [1.807, 2.05) is 0 Å². The third-order valence-electron chi connectivity index (χ3n) is 5.75. The molecule has 0 aromatic carbocycles. The molecule has 3 rings (SSSR count). The predicted molar refractivity (Wildman–Crippen MR) is 106 cm³/mol. The molecule has 6 nitrogen and oxygen atoms in total. The summed E-state index contributed by atoms with van der Waals surface area (Å²) in [5.41, 5.74) is 0.685. The molecule has 0 radical (unpaired) electrons. The van der Waals surface area contributed by atoms with Gasteiger partial charge in [0.25, 0.3) is 0 Å². The Labute approximate surface area is 167 Å². The molecule has 0 aromatic rings. The average molecular weight is 389 g/mol. The number of alkyl carbamates (subject to hydrolysis) is 1. The molecule has 4 atom stereocenters. The Morgan fingerprint density at radius 1 is 1.14 bits per heavy atom. The van der Waals surface area contributed by atoms with Crippen molar-refractivity contribution in [2.24, 2.45) is 23.7 Å². The fraction of sp³-hybridized carbons (Fsp3) is 0.682. The second-order valence-corrected chi connectivity index (χ2v) is 8.94. The molecule has 1 saturated carbocycles. The molecule has 1 saturated heterocycles. The van der Waals surface area contributed by atoms with E-state index in [0.29, 0.717) is 0 Å². The van der Waals surface area contributed by atoms with E-state index in [-0.39, 0.29) is 48.6 Å². The number of imide groups is 1. The molecule has 28 heavy (non-hydrogen) atoms. The van der Waals surface area contributed by atoms with Gasteiger partial charge < -0.3 is 10.1 Å². The predicted octanol–water partition coefficient (Wildman–Crippen LogP) is 3.43. The highest BCUT2D eigenvalue weighted by Crippen LogP contribution is 2.55. The number of ether oxygens (including phenoxy) is 1. The molecule has 0 spiro atoms. The molecule has 0 aromatic heterocycles. The fourth-order valence-corrected chi connectivity index (χ4v) is 4.61. The maximum atomic E-state index is 12.9. The lowest BCUT2D eigenvalue weighted by atomic mass is 9.85. The van der Waals surface area contributed by atoms with E-state index in [1.165, 1.54) is 23.3 Å². The monoisotopic (exact) mass is 388 g/mol. The van der Waals surface area contributed by atoms with Crippen LogP contribution in [0.1, 0.15) is 53.4 Å². The van der Waals surface area contributed by atoms with Crippen molar-refractivity contribution in [1.29, 1.82) is 0 Å². The van der Waals surface area contributed by atoms with Crippen LogP contribution in [0.4, 0.5) is 4.79 Å². The Kier molecular flexibility index (Phi) is 5.96. The van der Waals surface area contributed by atoms with Crippen LogP contribution in [0, 0.1) is 23.7 Å². The standard InChI is InChI=1S/C22H32N2O4/c1-5-6-7-8-9-14-15-10-11-16(14)18-17(15)19(25)24(20(18)26)13-12-23-21(27)28-22(2,3)4/h9-11,15-18H,5-8,12-13H2,1-4H3,(H,23,27). The summed E-state index contributed by atoms with van der Waals surface area (Å²) in [6.45, 7) is 7.95. The van der Waals surface area contributed by atoms with Crippen molar-refractivity contribution in [2.75, 3.05) is 13.1 Å². The Bertz CT molecular complexity index is 670. The number of fused-ring (bicyclic) bond motifs is 5. The zero-order chi connectivity index (χ0) is 20.5. The Balaban J connectivity index is 1.57. The number of carbonyl (C=O) groups is 3. The van der Waals surface area contributed by atoms with Crippen LogP contribution in [-0.4, -0.2) is 41.5 Å². The van der Waals surface area contributed by atoms with Crippen LogP contribution in [-0.2, 0) is 14.3 Å². The number of nitrogens with one attached hydrogen (secondary N) is 1. The maximum Gasteiger partial charge on any atom is 0.407 e. The van der Waals surface area contributed by atoms with Crippen molar-refractivity contribution in [3.8, 4) is 0 Å². The molecule has 3 aliphatic rings. The molecule has 154 valence electrons. The van der Waals surface area contributed by atoms with Crippen molar-refractivity contribution < 1.29 is 19.1 Å². The maximum absolute atomic E-state index is 12.9. The minimum absolute atomic E-state index is 0.0666. The van der Waals surface area contributed by atoms with Gasteiger partial charge in [0.2, 0.25) is 11.8 Å². The molecule has 4 unspecified atom stereocenters. The number of amides is 3. The minimum atomic E-state index is -0.578. The first-order chi connectivity index (χ1) is 13.2. The van der Waals surface area contributed by atoms with Crippen LogP contribution in [0.5, 0.6) is 0 Å². The number of likely N-dealkylation sites (tertiary alicyclic amines) is 1. The largest absolute Gasteiger partial charge is 0.444 e. The van der Waals surface area contributed by atoms with Gasteiger partial charge in [0, 0.05) is 24.9 Å². The minimum Gasteiger partial charge on any atom is -0.444 e. The van der Waals surface area contributed by atoms with E-state index in [4.69, 9.17) is 4.74 Å². The number of nitrogens with zero attached hydrogens (tertiary/aromatic N) is 1. The SMILES string of the molecule is CCCCCC=C1C2C=CC1C1C(=O)N(CCNC(=O)OC(C)(C)C)C(=O)C21. The Morgan fingerprint density at radius 3 is 2.29 bits per heavy atom. The smallest absolute Gasteiger partial charge is 0.407 e. The van der Waals surface area contributed by atoms with Crippen molar-refractivity contribution >= 4 is 17.9 Å². The number of allylic oxidation sites excluding steroid dienone is 4. The molecule has 2 aliphatic carbocycles. The highest BCUT2D eigenvalue weighted by molar-refractivity contribution is 6.07. The van der Waals surface area contributed by atoms with Crippen molar-refractivity contribution in [2.45, 2.75) is 59.0 Å². The van der Waals surface area contributed by atoms with E-state index in [2.05, 4.69) is 30.5 Å². The quantitative estimate of drug-likeness (QED) is 0.412. The van der Waals surface area contributed by atoms with Crippen LogP contribution in [0.2, 0.25) is 0 Å². The van der Waals surface area contributed by atoms with Crippen LogP contribution in [0.3, 0.4) is 0 Å². The summed E-state index contributed by atoms with van der Waals surface area (Å²) in [5.74, 6) is -0.591. The summed E-state index contributed by atoms with van der Waals surface area (Å²) in [5, 5.41) is 2.63. The summed E-state index contributed by atoms with van der Waals surface area (Å²) in [6.07, 6.45) is 10.5. The van der Waals surface area contributed by atoms with Gasteiger partial charge in [-0.2, -0.15) is 0 Å². The average Bonchev–Trinajstić information content (AvgIpc) is 3.22. The zero-order valence-corrected chi connectivity index (χ0v) is 17.4. The fourth-order valence-electron chi connectivity index (χ4n) is 4.61. The molecule has 1 aliphatic heterocycles. The highest BCUT2D eigenvalue weighted by atomic mass is 16.6. The van der Waals surface area contributed by atoms with Gasteiger partial charge >= 0.3 is 6.09 Å². The van der Waals surface area contributed by atoms with Gasteiger partial charge in [0.15, 0.2) is 0 Å². The Hall–Kier alpha value is -2.11. The third-order valence-corrected chi connectivity index (χ3v) is 5.75. The zero-order valence-electron chi connectivity index (χ0n) is 17.4. The van der Waals surface area contributed by atoms with Crippen molar-refractivity contribution in [3.63, 3.8) is 0 Å². The van der Waals surface area contributed by atoms with Gasteiger partial charge in [-0.3, -0.25) is 14.5 Å². The molecule has 1 heterocycles. The van der Waals surface area contributed by atoms with Gasteiger partial charge in [-0.25, -0.2) is 4.79 Å². The number of unbranched alkanes of at least 4 members (excludes halogenated alkanes) is 3. The van der Waals surface area contributed by atoms with Crippen LogP contribution in [0.15, 0.2) is 23.8 Å². The van der Waals surface area contributed by atoms with E-state index in [1.54, 1.807) is 20.8 Å². The Morgan fingerprint density at radius 2 is 1.75 bits per heavy atom. The molecular weight excluding hydrogens is 356 g/mol. The van der Waals surface area contributed by atoms with Crippen LogP contribution < -0.4 is 5.32 Å².